The molecule has 6 nitrogen and oxygen atoms in total. The Labute approximate surface area is 129 Å². The van der Waals surface area contributed by atoms with Gasteiger partial charge in [-0.1, -0.05) is 12.1 Å². The topological polar surface area (TPSA) is 83.0 Å². The van der Waals surface area contributed by atoms with Gasteiger partial charge >= 0.3 is 5.97 Å². The van der Waals surface area contributed by atoms with Gasteiger partial charge in [0.1, 0.15) is 5.52 Å². The van der Waals surface area contributed by atoms with E-state index in [1.165, 1.54) is 13.3 Å². The number of hydrogen-bond donors (Lipinski definition) is 1. The predicted molar refractivity (Wildman–Crippen MR) is 82.8 cm³/mol. The second-order valence-electron chi connectivity index (χ2n) is 4.49. The van der Waals surface area contributed by atoms with E-state index in [-0.39, 0.29) is 18.0 Å². The van der Waals surface area contributed by atoms with Crippen molar-refractivity contribution < 1.29 is 13.4 Å². The zero-order chi connectivity index (χ0) is 15.7. The largest absolute Gasteiger partial charge is 0.464 e. The number of benzene rings is 1. The third-order valence-electron chi connectivity index (χ3n) is 3.16. The van der Waals surface area contributed by atoms with Crippen molar-refractivity contribution in [3.05, 3.63) is 42.2 Å². The number of methoxy groups -OCH3 is 1. The Hall–Kier alpha value is -2.61. The summed E-state index contributed by atoms with van der Waals surface area (Å²) in [6.07, 6.45) is 1.46. The summed E-state index contributed by atoms with van der Waals surface area (Å²) in [5, 5.41) is 4.36. The van der Waals surface area contributed by atoms with Gasteiger partial charge in [-0.15, -0.1) is 3.89 Å². The average molecular weight is 318 g/mol. The first-order chi connectivity index (χ1) is 10.6. The molecule has 0 aliphatic heterocycles. The van der Waals surface area contributed by atoms with Gasteiger partial charge in [0.15, 0.2) is 18.0 Å². The van der Waals surface area contributed by atoms with E-state index >= 15 is 0 Å². The Bertz CT molecular complexity index is 865. The third kappa shape index (κ3) is 2.37. The number of ether oxygens (including phenoxy) is 1. The molecule has 2 heterocycles. The smallest absolute Gasteiger partial charge is 0.359 e. The minimum atomic E-state index is -0.637. The van der Waals surface area contributed by atoms with Crippen molar-refractivity contribution in [3.8, 4) is 11.3 Å². The molecule has 22 heavy (non-hydrogen) atoms. The molecule has 2 N–H and O–H groups in total. The molecule has 112 valence electrons. The van der Waals surface area contributed by atoms with Gasteiger partial charge in [-0.3, -0.25) is 4.98 Å². The minimum Gasteiger partial charge on any atom is -0.464 e. The highest BCUT2D eigenvalue weighted by Gasteiger charge is 2.19. The van der Waals surface area contributed by atoms with Gasteiger partial charge in [0, 0.05) is 16.6 Å². The standard InChI is InChI=1S/C14H11FN4O2S/c1-21-14(20)13-10-6-11(8-3-2-4-9(16)5-8)17-7-12(10)19(18-13)22-15/h2-7H,16H2,1H3. The molecule has 0 atom stereocenters. The van der Waals surface area contributed by atoms with Gasteiger partial charge < -0.3 is 10.5 Å². The van der Waals surface area contributed by atoms with Crippen molar-refractivity contribution in [3.63, 3.8) is 0 Å². The molecule has 0 spiro atoms. The molecule has 0 bridgehead atoms. The molecule has 0 unspecified atom stereocenters. The van der Waals surface area contributed by atoms with Gasteiger partial charge in [0.2, 0.25) is 0 Å². The molecule has 2 aromatic heterocycles. The van der Waals surface area contributed by atoms with Crippen LogP contribution in [0.4, 0.5) is 9.57 Å². The Kier molecular flexibility index (Phi) is 3.68. The number of carbonyl (C=O) groups excluding carboxylic acids is 1. The van der Waals surface area contributed by atoms with E-state index in [0.717, 1.165) is 9.65 Å². The Morgan fingerprint density at radius 3 is 2.91 bits per heavy atom. The van der Waals surface area contributed by atoms with Crippen LogP contribution in [0.1, 0.15) is 10.5 Å². The number of halogens is 1. The fourth-order valence-corrected chi connectivity index (χ4v) is 2.48. The first-order valence-electron chi connectivity index (χ1n) is 6.26. The number of nitrogen functional groups attached to an aromatic ring is 1. The van der Waals surface area contributed by atoms with Crippen molar-refractivity contribution >= 4 is 34.9 Å². The number of esters is 1. The number of fused-ring (bicyclic) bond motifs is 1. The van der Waals surface area contributed by atoms with Gasteiger partial charge in [-0.25, -0.2) is 4.79 Å². The quantitative estimate of drug-likeness (QED) is 0.590. The highest BCUT2D eigenvalue weighted by Crippen LogP contribution is 2.28. The molecule has 0 radical (unpaired) electrons. The highest BCUT2D eigenvalue weighted by atomic mass is 32.2. The van der Waals surface area contributed by atoms with Crippen molar-refractivity contribution in [2.75, 3.05) is 12.8 Å². The zero-order valence-electron chi connectivity index (χ0n) is 11.5. The molecular weight excluding hydrogens is 307 g/mol. The lowest BCUT2D eigenvalue weighted by atomic mass is 10.1. The Balaban J connectivity index is 2.22. The van der Waals surface area contributed by atoms with E-state index in [1.807, 2.05) is 6.07 Å². The van der Waals surface area contributed by atoms with Crippen LogP contribution in [-0.4, -0.2) is 27.2 Å². The number of anilines is 1. The lowest BCUT2D eigenvalue weighted by molar-refractivity contribution is 0.0596. The molecule has 0 saturated heterocycles. The number of aromatic nitrogens is 3. The molecule has 1 aromatic carbocycles. The summed E-state index contributed by atoms with van der Waals surface area (Å²) in [4.78, 5) is 16.1. The average Bonchev–Trinajstić information content (AvgIpc) is 2.92. The molecule has 3 aromatic rings. The number of hydrogen-bond acceptors (Lipinski definition) is 6. The van der Waals surface area contributed by atoms with Crippen molar-refractivity contribution in [1.29, 1.82) is 0 Å². The summed E-state index contributed by atoms with van der Waals surface area (Å²) in [5.74, 6) is -0.637. The Morgan fingerprint density at radius 2 is 2.23 bits per heavy atom. The van der Waals surface area contributed by atoms with Crippen LogP contribution in [0.2, 0.25) is 0 Å². The number of rotatable bonds is 3. The molecule has 0 aliphatic rings. The maximum absolute atomic E-state index is 12.9. The first-order valence-corrected chi connectivity index (χ1v) is 6.93. The predicted octanol–water partition coefficient (Wildman–Crippen LogP) is 2.85. The fourth-order valence-electron chi connectivity index (χ4n) is 2.14. The van der Waals surface area contributed by atoms with Crippen LogP contribution in [0.15, 0.2) is 36.5 Å². The minimum absolute atomic E-state index is 0.0372. The van der Waals surface area contributed by atoms with Crippen LogP contribution >= 0.6 is 12.3 Å². The number of carbonyl (C=O) groups is 1. The highest BCUT2D eigenvalue weighted by molar-refractivity contribution is 7.92. The van der Waals surface area contributed by atoms with Crippen LogP contribution in [0.5, 0.6) is 0 Å². The van der Waals surface area contributed by atoms with Crippen LogP contribution in [0.25, 0.3) is 22.2 Å². The van der Waals surface area contributed by atoms with Crippen molar-refractivity contribution in [2.45, 2.75) is 0 Å². The van der Waals surface area contributed by atoms with Crippen LogP contribution in [-0.2, 0) is 4.74 Å². The second kappa shape index (κ2) is 5.64. The summed E-state index contributed by atoms with van der Waals surface area (Å²) in [5.41, 5.74) is 8.18. The van der Waals surface area contributed by atoms with E-state index in [0.29, 0.717) is 22.3 Å². The second-order valence-corrected chi connectivity index (χ2v) is 4.98. The summed E-state index contributed by atoms with van der Waals surface area (Å²) < 4.78 is 18.6. The fraction of sp³-hybridized carbons (Fsp3) is 0.0714. The SMILES string of the molecule is COC(=O)c1nn(SF)c2cnc(-c3cccc(N)c3)cc12. The van der Waals surface area contributed by atoms with Crippen LogP contribution in [0.3, 0.4) is 0 Å². The first kappa shape index (κ1) is 14.3. The number of pyridine rings is 1. The summed E-state index contributed by atoms with van der Waals surface area (Å²) in [7, 11) is 1.25. The normalized spacial score (nSPS) is 10.8. The van der Waals surface area contributed by atoms with Gasteiger partial charge in [-0.2, -0.15) is 9.19 Å². The lowest BCUT2D eigenvalue weighted by Gasteiger charge is -2.03. The molecular formula is C14H11FN4O2S. The maximum atomic E-state index is 12.9. The van der Waals surface area contributed by atoms with E-state index < -0.39 is 5.97 Å². The lowest BCUT2D eigenvalue weighted by Crippen LogP contribution is -2.02. The van der Waals surface area contributed by atoms with Crippen LogP contribution in [0, 0.1) is 0 Å². The third-order valence-corrected chi connectivity index (χ3v) is 3.57. The van der Waals surface area contributed by atoms with Crippen LogP contribution < -0.4 is 5.73 Å². The summed E-state index contributed by atoms with van der Waals surface area (Å²) >= 11 is -0.111. The monoisotopic (exact) mass is 318 g/mol. The summed E-state index contributed by atoms with van der Waals surface area (Å²) in [6, 6.07) is 8.84. The maximum Gasteiger partial charge on any atom is 0.359 e. The molecule has 0 fully saturated rings. The number of nitrogens with two attached hydrogens (primary N) is 1. The Morgan fingerprint density at radius 1 is 1.41 bits per heavy atom. The van der Waals surface area contributed by atoms with Gasteiger partial charge in [-0.05, 0) is 18.2 Å². The van der Waals surface area contributed by atoms with E-state index in [2.05, 4.69) is 14.8 Å². The van der Waals surface area contributed by atoms with Gasteiger partial charge in [0.25, 0.3) is 0 Å². The number of nitrogens with zero attached hydrogens (tertiary/aromatic N) is 3. The summed E-state index contributed by atoms with van der Waals surface area (Å²) in [6.45, 7) is 0. The molecule has 8 heteroatoms. The molecule has 0 saturated carbocycles. The van der Waals surface area contributed by atoms with Crippen molar-refractivity contribution in [1.82, 2.24) is 14.2 Å². The van der Waals surface area contributed by atoms with E-state index in [4.69, 9.17) is 5.73 Å². The molecule has 0 amide bonds. The molecule has 3 rings (SSSR count). The molecule has 0 aliphatic carbocycles. The van der Waals surface area contributed by atoms with Crippen molar-refractivity contribution in [2.24, 2.45) is 0 Å². The zero-order valence-corrected chi connectivity index (χ0v) is 12.3. The van der Waals surface area contributed by atoms with Gasteiger partial charge in [0.05, 0.1) is 19.0 Å². The van der Waals surface area contributed by atoms with E-state index in [1.54, 1.807) is 24.3 Å². The van der Waals surface area contributed by atoms with E-state index in [9.17, 15) is 8.68 Å².